The molecule has 1 aliphatic heterocycles. The third-order valence-corrected chi connectivity index (χ3v) is 11.0. The summed E-state index contributed by atoms with van der Waals surface area (Å²) in [6.07, 6.45) is 3.99. The first kappa shape index (κ1) is 38.8. The molecule has 3 heterocycles. The molecular weight excluding hydrogens is 719 g/mol. The molecule has 9 N–H and O–H groups in total. The Hall–Kier alpha value is -6.47. The Balaban J connectivity index is 1.15. The second-order valence-corrected chi connectivity index (χ2v) is 15.0. The van der Waals surface area contributed by atoms with Gasteiger partial charge in [-0.1, -0.05) is 78.0 Å². The number of amides is 2. The van der Waals surface area contributed by atoms with Gasteiger partial charge in [0.15, 0.2) is 11.8 Å². The monoisotopic (exact) mass is 767 g/mol. The number of fused-ring (bicyclic) bond motifs is 1. The van der Waals surface area contributed by atoms with E-state index in [1.165, 1.54) is 0 Å². The van der Waals surface area contributed by atoms with Crippen LogP contribution in [0.4, 0.5) is 0 Å². The zero-order valence-corrected chi connectivity index (χ0v) is 32.2. The van der Waals surface area contributed by atoms with Crippen molar-refractivity contribution < 1.29 is 19.2 Å². The van der Waals surface area contributed by atoms with Gasteiger partial charge in [0.25, 0.3) is 0 Å². The van der Waals surface area contributed by atoms with Gasteiger partial charge >= 0.3 is 0 Å². The van der Waals surface area contributed by atoms with Gasteiger partial charge in [-0.2, -0.15) is 4.98 Å². The molecule has 1 fully saturated rings. The van der Waals surface area contributed by atoms with E-state index in [0.717, 1.165) is 49.8 Å². The SMILES string of the molecule is Cc1cc(O)cc(C)c1C[C@H](NC(=O)C(N)C1CCN(C(=N)N)CC1)C(=O)N[C@@H](Cc1c[nH]c2ccccc12)c1nc(Cc2ccc(-c3ccccc3)cc2)no1. The number of nitrogens with zero attached hydrogens (tertiary/aromatic N) is 3. The maximum Gasteiger partial charge on any atom is 0.249 e. The van der Waals surface area contributed by atoms with Gasteiger partial charge in [-0.25, -0.2) is 0 Å². The van der Waals surface area contributed by atoms with Crippen LogP contribution < -0.4 is 22.1 Å². The standard InChI is InChI=1S/C44H49N9O4/c1-26-20-33(54)21-27(2)35(26)24-37(49-42(56)40(45)31-16-18-53(19-17-31)44(46)47)41(55)50-38(23-32-25-48-36-11-7-6-10-34(32)36)43-51-39(52-57-43)22-28-12-14-30(15-13-28)29-8-4-3-5-9-29/h3-15,20-21,25,31,37-38,40,48,54H,16-19,22-24,45H2,1-2H3,(H3,46,47)(H,49,56)(H,50,55)/t37-,38-,40?/m0/s1. The molecule has 0 radical (unpaired) electrons. The van der Waals surface area contributed by atoms with Crippen molar-refractivity contribution in [3.63, 3.8) is 0 Å². The lowest BCUT2D eigenvalue weighted by atomic mass is 9.89. The minimum absolute atomic E-state index is 0.00380. The number of nitrogens with two attached hydrogens (primary N) is 2. The second-order valence-electron chi connectivity index (χ2n) is 15.0. The predicted octanol–water partition coefficient (Wildman–Crippen LogP) is 5.19. The van der Waals surface area contributed by atoms with Crippen molar-refractivity contribution in [2.75, 3.05) is 13.1 Å². The van der Waals surface area contributed by atoms with Gasteiger partial charge in [-0.05, 0) is 89.8 Å². The van der Waals surface area contributed by atoms with E-state index in [1.807, 2.05) is 74.6 Å². The predicted molar refractivity (Wildman–Crippen MR) is 219 cm³/mol. The Morgan fingerprint density at radius 1 is 0.930 bits per heavy atom. The summed E-state index contributed by atoms with van der Waals surface area (Å²) in [5.41, 5.74) is 19.8. The summed E-state index contributed by atoms with van der Waals surface area (Å²) in [4.78, 5) is 38.2. The smallest absolute Gasteiger partial charge is 0.249 e. The highest BCUT2D eigenvalue weighted by Crippen LogP contribution is 2.27. The largest absolute Gasteiger partial charge is 0.508 e. The molecule has 1 saturated heterocycles. The lowest BCUT2D eigenvalue weighted by molar-refractivity contribution is -0.131. The molecule has 13 nitrogen and oxygen atoms in total. The van der Waals surface area contributed by atoms with Crippen LogP contribution in [-0.4, -0.2) is 68.1 Å². The lowest BCUT2D eigenvalue weighted by Gasteiger charge is -2.34. The van der Waals surface area contributed by atoms with Crippen LogP contribution in [0.25, 0.3) is 22.0 Å². The zero-order valence-electron chi connectivity index (χ0n) is 32.2. The summed E-state index contributed by atoms with van der Waals surface area (Å²) in [6, 6.07) is 26.9. The molecule has 7 rings (SSSR count). The van der Waals surface area contributed by atoms with Crippen molar-refractivity contribution in [2.24, 2.45) is 17.4 Å². The minimum Gasteiger partial charge on any atom is -0.508 e. The average molecular weight is 768 g/mol. The van der Waals surface area contributed by atoms with Crippen molar-refractivity contribution in [1.82, 2.24) is 30.7 Å². The number of rotatable bonds is 13. The van der Waals surface area contributed by atoms with E-state index in [1.54, 1.807) is 17.0 Å². The Morgan fingerprint density at radius 2 is 1.60 bits per heavy atom. The van der Waals surface area contributed by atoms with E-state index < -0.39 is 29.9 Å². The first-order valence-corrected chi connectivity index (χ1v) is 19.3. The number of likely N-dealkylation sites (tertiary alicyclic amines) is 1. The first-order valence-electron chi connectivity index (χ1n) is 19.3. The van der Waals surface area contributed by atoms with Gasteiger partial charge in [0.2, 0.25) is 17.7 Å². The normalized spacial score (nSPS) is 14.9. The lowest BCUT2D eigenvalue weighted by Crippen LogP contribution is -2.56. The number of aromatic amines is 1. The molecule has 13 heteroatoms. The van der Waals surface area contributed by atoms with Crippen molar-refractivity contribution in [3.05, 3.63) is 137 Å². The van der Waals surface area contributed by atoms with Gasteiger partial charge in [-0.15, -0.1) is 0 Å². The number of benzene rings is 4. The van der Waals surface area contributed by atoms with Gasteiger partial charge in [0.1, 0.15) is 17.8 Å². The van der Waals surface area contributed by atoms with Crippen LogP contribution in [0, 0.1) is 25.2 Å². The number of aromatic nitrogens is 3. The number of para-hydroxylation sites is 1. The number of phenols is 1. The summed E-state index contributed by atoms with van der Waals surface area (Å²) in [5, 5.41) is 29.5. The number of hydrogen-bond donors (Lipinski definition) is 7. The first-order chi connectivity index (χ1) is 27.5. The molecule has 0 spiro atoms. The molecule has 2 aromatic heterocycles. The number of aromatic hydroxyl groups is 1. The van der Waals surface area contributed by atoms with Crippen LogP contribution in [-0.2, 0) is 28.9 Å². The van der Waals surface area contributed by atoms with E-state index in [4.69, 9.17) is 26.4 Å². The van der Waals surface area contributed by atoms with E-state index in [-0.39, 0.29) is 29.9 Å². The topological polar surface area (TPSA) is 212 Å². The number of aryl methyl sites for hydroxylation is 2. The van der Waals surface area contributed by atoms with Crippen LogP contribution in [0.2, 0.25) is 0 Å². The number of piperidine rings is 1. The van der Waals surface area contributed by atoms with E-state index in [0.29, 0.717) is 44.6 Å². The number of carbonyl (C=O) groups excluding carboxylic acids is 2. The number of hydrogen-bond acceptors (Lipinski definition) is 8. The summed E-state index contributed by atoms with van der Waals surface area (Å²) in [7, 11) is 0. The quantitative estimate of drug-likeness (QED) is 0.0608. The van der Waals surface area contributed by atoms with Crippen molar-refractivity contribution in [1.29, 1.82) is 5.41 Å². The van der Waals surface area contributed by atoms with Crippen LogP contribution in [0.3, 0.4) is 0 Å². The Morgan fingerprint density at radius 3 is 2.30 bits per heavy atom. The molecule has 2 amide bonds. The Bertz CT molecular complexity index is 2320. The van der Waals surface area contributed by atoms with Crippen LogP contribution in [0.1, 0.15) is 58.4 Å². The Labute approximate surface area is 331 Å². The fourth-order valence-corrected chi connectivity index (χ4v) is 7.79. The molecule has 6 aromatic rings. The molecule has 0 aliphatic carbocycles. The molecule has 1 aliphatic rings. The van der Waals surface area contributed by atoms with Gasteiger partial charge in [-0.3, -0.25) is 15.0 Å². The third-order valence-electron chi connectivity index (χ3n) is 11.0. The highest BCUT2D eigenvalue weighted by Gasteiger charge is 2.34. The van der Waals surface area contributed by atoms with E-state index in [9.17, 15) is 14.7 Å². The molecule has 4 aromatic carbocycles. The van der Waals surface area contributed by atoms with Crippen LogP contribution in [0.5, 0.6) is 5.75 Å². The Kier molecular flexibility index (Phi) is 11.7. The third kappa shape index (κ3) is 9.16. The highest BCUT2D eigenvalue weighted by molar-refractivity contribution is 5.90. The fraction of sp³-hybridized carbons (Fsp3) is 0.295. The van der Waals surface area contributed by atoms with Gasteiger partial charge in [0, 0.05) is 49.5 Å². The maximum atomic E-state index is 14.6. The molecule has 0 saturated carbocycles. The summed E-state index contributed by atoms with van der Waals surface area (Å²) < 4.78 is 5.88. The molecule has 1 unspecified atom stereocenters. The summed E-state index contributed by atoms with van der Waals surface area (Å²) in [6.45, 7) is 4.78. The van der Waals surface area contributed by atoms with Gasteiger partial charge in [0.05, 0.1) is 6.04 Å². The highest BCUT2D eigenvalue weighted by atomic mass is 16.5. The average Bonchev–Trinajstić information content (AvgIpc) is 3.86. The van der Waals surface area contributed by atoms with Crippen LogP contribution in [0.15, 0.2) is 102 Å². The van der Waals surface area contributed by atoms with Crippen molar-refractivity contribution >= 4 is 28.7 Å². The van der Waals surface area contributed by atoms with Crippen molar-refractivity contribution in [2.45, 2.75) is 64.1 Å². The second kappa shape index (κ2) is 17.1. The molecule has 57 heavy (non-hydrogen) atoms. The number of guanidine groups is 1. The molecule has 3 atom stereocenters. The van der Waals surface area contributed by atoms with Crippen LogP contribution >= 0.6 is 0 Å². The minimum atomic E-state index is -1.03. The molecule has 0 bridgehead atoms. The van der Waals surface area contributed by atoms with E-state index in [2.05, 4.69) is 45.0 Å². The maximum absolute atomic E-state index is 14.6. The van der Waals surface area contributed by atoms with Gasteiger partial charge < -0.3 is 41.6 Å². The number of nitrogens with one attached hydrogen (secondary N) is 4. The molecular formula is C44H49N9O4. The van der Waals surface area contributed by atoms with Crippen molar-refractivity contribution in [3.8, 4) is 16.9 Å². The number of carbonyl (C=O) groups is 2. The number of H-pyrrole nitrogens is 1. The van der Waals surface area contributed by atoms with E-state index >= 15 is 0 Å². The zero-order chi connectivity index (χ0) is 40.1. The summed E-state index contributed by atoms with van der Waals surface area (Å²) in [5.74, 6) is -0.223. The summed E-state index contributed by atoms with van der Waals surface area (Å²) >= 11 is 0. The number of phenolic OH excluding ortho intramolecular Hbond substituents is 1. The fourth-order valence-electron chi connectivity index (χ4n) is 7.79. The molecule has 294 valence electrons.